The number of hydrogen-bond acceptors (Lipinski definition) is 17. The van der Waals surface area contributed by atoms with Gasteiger partial charge < -0.3 is 96.4 Å². The predicted octanol–water partition coefficient (Wildman–Crippen LogP) is -3.87. The Morgan fingerprint density at radius 1 is 0.511 bits per heavy atom. The number of nitrogens with one attached hydrogen (secondary N) is 11. The van der Waals surface area contributed by atoms with Crippen molar-refractivity contribution in [2.75, 3.05) is 13.2 Å². The zero-order valence-corrected chi connectivity index (χ0v) is 52.4. The minimum absolute atomic E-state index is 0.0299. The van der Waals surface area contributed by atoms with Crippen molar-refractivity contribution in [1.29, 1.82) is 0 Å². The number of benzene rings is 1. The second-order valence-electron chi connectivity index (χ2n) is 23.4. The van der Waals surface area contributed by atoms with E-state index in [1.165, 1.54) is 20.8 Å². The molecule has 0 spiro atoms. The fraction of sp³-hybridized carbons (Fsp3) is 0.621. The van der Waals surface area contributed by atoms with E-state index in [0.29, 0.717) is 12.0 Å². The minimum atomic E-state index is -1.81. The van der Waals surface area contributed by atoms with E-state index in [-0.39, 0.29) is 56.9 Å². The monoisotopic (exact) mass is 1270 g/mol. The molecule has 1 aromatic carbocycles. The molecule has 0 aliphatic rings. The normalized spacial score (nSPS) is 15.3. The Hall–Kier alpha value is -8.78. The van der Waals surface area contributed by atoms with Crippen molar-refractivity contribution in [2.24, 2.45) is 46.6 Å². The molecule has 0 unspecified atom stereocenters. The average Bonchev–Trinajstić information content (AvgIpc) is 2.30. The first-order chi connectivity index (χ1) is 42.1. The SMILES string of the molecule is CC[C@H](C)[C@H](NC(=O)[C@H](CCCCN)NC(=O)[C@H](CC(C)C)NC(=O)[C@H](CO)NC(=O)[C@H](CC(N)=O)NC(=O)[C@@H](N)Cc1c[nH]c2ccccc12)C(=O)N[C@@H](C)C(=O)N[C@@H](CC(N)=O)C(=O)N[C@@H](CC(C)C)C(=O)N[C@@H](CC(=O)O)C(=O)N[C@H](C(=O)O)C(C)C. The summed E-state index contributed by atoms with van der Waals surface area (Å²) in [4.78, 5) is 189. The van der Waals surface area contributed by atoms with Gasteiger partial charge in [-0.1, -0.05) is 80.0 Å². The summed E-state index contributed by atoms with van der Waals surface area (Å²) in [6.45, 7) is 13.4. The number of amides is 12. The zero-order chi connectivity index (χ0) is 68.3. The number of aliphatic hydroxyl groups excluding tert-OH is 1. The summed E-state index contributed by atoms with van der Waals surface area (Å²) in [5.74, 6) is -17.1. The average molecular weight is 1270 g/mol. The Balaban J connectivity index is 2.31. The number of nitrogens with two attached hydrogens (primary N) is 4. The van der Waals surface area contributed by atoms with Crippen LogP contribution in [0.4, 0.5) is 0 Å². The summed E-state index contributed by atoms with van der Waals surface area (Å²) in [5.41, 5.74) is 24.3. The number of H-pyrrole nitrogens is 1. The van der Waals surface area contributed by atoms with E-state index in [4.69, 9.17) is 22.9 Å². The number of para-hydroxylation sites is 1. The molecule has 1 aromatic heterocycles. The summed E-state index contributed by atoms with van der Waals surface area (Å²) in [5, 5.41) is 54.3. The Bertz CT molecular complexity index is 2850. The van der Waals surface area contributed by atoms with Gasteiger partial charge in [0.2, 0.25) is 70.9 Å². The van der Waals surface area contributed by atoms with Gasteiger partial charge in [-0.25, -0.2) is 4.79 Å². The van der Waals surface area contributed by atoms with Crippen molar-refractivity contribution in [3.8, 4) is 0 Å². The highest BCUT2D eigenvalue weighted by molar-refractivity contribution is 6.00. The van der Waals surface area contributed by atoms with Crippen molar-refractivity contribution in [3.63, 3.8) is 0 Å². The maximum atomic E-state index is 14.3. The molecule has 1 heterocycles. The van der Waals surface area contributed by atoms with Gasteiger partial charge in [-0.15, -0.1) is 0 Å². The summed E-state index contributed by atoms with van der Waals surface area (Å²) >= 11 is 0. The van der Waals surface area contributed by atoms with Crippen molar-refractivity contribution >= 4 is 93.7 Å². The highest BCUT2D eigenvalue weighted by Crippen LogP contribution is 2.19. The first-order valence-electron chi connectivity index (χ1n) is 29.8. The van der Waals surface area contributed by atoms with Crippen LogP contribution in [0.1, 0.15) is 126 Å². The quantitative estimate of drug-likeness (QED) is 0.0283. The van der Waals surface area contributed by atoms with Crippen LogP contribution < -0.4 is 76.1 Å². The highest BCUT2D eigenvalue weighted by atomic mass is 16.4. The molecule has 0 bridgehead atoms. The van der Waals surface area contributed by atoms with Crippen LogP contribution >= 0.6 is 0 Å². The number of rotatable bonds is 41. The lowest BCUT2D eigenvalue weighted by Crippen LogP contribution is -2.61. The zero-order valence-electron chi connectivity index (χ0n) is 52.4. The number of carbonyl (C=O) groups is 14. The number of aliphatic hydroxyl groups is 1. The van der Waals surface area contributed by atoms with E-state index < -0.39 is 187 Å². The van der Waals surface area contributed by atoms with Crippen LogP contribution in [0, 0.1) is 23.7 Å². The minimum Gasteiger partial charge on any atom is -0.481 e. The van der Waals surface area contributed by atoms with Crippen molar-refractivity contribution in [3.05, 3.63) is 36.0 Å². The standard InChI is InChI=1S/C58H93N15O17/c1-10-30(8)47(57(88)64-31(9)48(79)66-39(22-43(61)75)53(84)68-38(20-28(4)5)52(83)70-41(24-45(77)78)55(86)72-46(29(6)7)58(89)90)73-50(81)36(17-13-14-18-59)65-51(82)37(19-27(2)3)69-56(87)42(26-74)71-54(85)40(23-44(62)76)67-49(80)34(60)21-32-25-63-35-16-12-11-15-33(32)35/h11-12,15-16,25,27-31,34,36-42,46-47,63,74H,10,13-14,17-24,26,59-60H2,1-9H3,(H2,61,75)(H2,62,76)(H,64,88)(H,65,82)(H,66,79)(H,67,80)(H,68,84)(H,69,87)(H,70,83)(H,71,85)(H,72,86)(H,73,81)(H,77,78)(H,89,90)/t30-,31-,34-,36-,37-,38-,39-,40-,41-,42-,46-,47-/m0/s1. The molecule has 2 rings (SSSR count). The maximum absolute atomic E-state index is 14.3. The van der Waals surface area contributed by atoms with Gasteiger partial charge in [0.05, 0.1) is 31.9 Å². The van der Waals surface area contributed by atoms with Gasteiger partial charge >= 0.3 is 11.9 Å². The third-order valence-corrected chi connectivity index (χ3v) is 14.4. The molecule has 0 saturated carbocycles. The number of aromatic amines is 1. The van der Waals surface area contributed by atoms with Crippen molar-refractivity contribution in [1.82, 2.24) is 58.2 Å². The molecule has 0 saturated heterocycles. The molecule has 22 N–H and O–H groups in total. The third-order valence-electron chi connectivity index (χ3n) is 14.4. The molecule has 2 aromatic rings. The molecule has 0 fully saturated rings. The smallest absolute Gasteiger partial charge is 0.326 e. The molecule has 12 amide bonds. The molecular formula is C58H93N15O17. The van der Waals surface area contributed by atoms with Gasteiger partial charge in [0.1, 0.15) is 60.4 Å². The summed E-state index contributed by atoms with van der Waals surface area (Å²) in [6.07, 6.45) is -0.112. The number of carboxylic acid groups (broad SMARTS) is 2. The molecule has 90 heavy (non-hydrogen) atoms. The summed E-state index contributed by atoms with van der Waals surface area (Å²) in [7, 11) is 0. The van der Waals surface area contributed by atoms with Crippen LogP contribution in [0.15, 0.2) is 30.5 Å². The van der Waals surface area contributed by atoms with Gasteiger partial charge in [0.25, 0.3) is 0 Å². The van der Waals surface area contributed by atoms with Crippen LogP contribution in [0.5, 0.6) is 0 Å². The third kappa shape index (κ3) is 26.1. The van der Waals surface area contributed by atoms with Crippen molar-refractivity contribution < 1.29 is 82.4 Å². The number of carboxylic acids is 2. The predicted molar refractivity (Wildman–Crippen MR) is 326 cm³/mol. The van der Waals surface area contributed by atoms with Gasteiger partial charge in [-0.3, -0.25) is 62.3 Å². The molecule has 32 nitrogen and oxygen atoms in total. The maximum Gasteiger partial charge on any atom is 0.326 e. The fourth-order valence-electron chi connectivity index (χ4n) is 9.23. The second kappa shape index (κ2) is 37.9. The molecule has 502 valence electrons. The molecular weight excluding hydrogens is 1180 g/mol. The molecule has 0 radical (unpaired) electrons. The van der Waals surface area contributed by atoms with E-state index in [9.17, 15) is 82.4 Å². The number of primary amides is 2. The lowest BCUT2D eigenvalue weighted by Gasteiger charge is -2.29. The van der Waals surface area contributed by atoms with E-state index in [1.807, 2.05) is 18.2 Å². The lowest BCUT2D eigenvalue weighted by atomic mass is 9.96. The van der Waals surface area contributed by atoms with Crippen molar-refractivity contribution in [2.45, 2.75) is 193 Å². The van der Waals surface area contributed by atoms with Gasteiger partial charge in [-0.05, 0) is 87.3 Å². The highest BCUT2D eigenvalue weighted by Gasteiger charge is 2.38. The van der Waals surface area contributed by atoms with Crippen LogP contribution in [-0.2, 0) is 73.5 Å². The summed E-state index contributed by atoms with van der Waals surface area (Å²) < 4.78 is 0. The summed E-state index contributed by atoms with van der Waals surface area (Å²) in [6, 6.07) is -9.62. The number of unbranched alkanes of at least 4 members (excludes halogenated alkanes) is 1. The van der Waals surface area contributed by atoms with Crippen LogP contribution in [-0.4, -0.2) is 183 Å². The van der Waals surface area contributed by atoms with Crippen LogP contribution in [0.3, 0.4) is 0 Å². The Kier molecular flexibility index (Phi) is 32.6. The number of aliphatic carboxylic acids is 2. The first kappa shape index (κ1) is 77.3. The Labute approximate surface area is 521 Å². The van der Waals surface area contributed by atoms with E-state index in [2.05, 4.69) is 58.2 Å². The van der Waals surface area contributed by atoms with Crippen LogP contribution in [0.25, 0.3) is 10.9 Å². The number of aromatic nitrogens is 1. The van der Waals surface area contributed by atoms with Gasteiger partial charge in [0.15, 0.2) is 0 Å². The molecule has 32 heteroatoms. The van der Waals surface area contributed by atoms with Gasteiger partial charge in [0, 0.05) is 17.1 Å². The number of carbonyl (C=O) groups excluding carboxylic acids is 12. The molecule has 12 atom stereocenters. The van der Waals surface area contributed by atoms with Crippen LogP contribution in [0.2, 0.25) is 0 Å². The molecule has 0 aliphatic carbocycles. The van der Waals surface area contributed by atoms with E-state index in [1.54, 1.807) is 53.8 Å². The lowest BCUT2D eigenvalue weighted by molar-refractivity contribution is -0.144. The topological polar surface area (TPSA) is 540 Å². The molecule has 0 aliphatic heterocycles. The largest absolute Gasteiger partial charge is 0.481 e. The second-order valence-corrected chi connectivity index (χ2v) is 23.4. The Morgan fingerprint density at radius 3 is 1.42 bits per heavy atom. The first-order valence-corrected chi connectivity index (χ1v) is 29.8. The fourth-order valence-corrected chi connectivity index (χ4v) is 9.23. The van der Waals surface area contributed by atoms with E-state index >= 15 is 0 Å². The number of fused-ring (bicyclic) bond motifs is 1. The van der Waals surface area contributed by atoms with E-state index in [0.717, 1.165) is 10.9 Å². The van der Waals surface area contributed by atoms with Gasteiger partial charge in [-0.2, -0.15) is 0 Å². The number of hydrogen-bond donors (Lipinski definition) is 18. The Morgan fingerprint density at radius 2 is 0.944 bits per heavy atom.